The highest BCUT2D eigenvalue weighted by molar-refractivity contribution is 6.29. The first-order valence-corrected chi connectivity index (χ1v) is 2.36. The molecule has 0 spiro atoms. The summed E-state index contributed by atoms with van der Waals surface area (Å²) in [5.41, 5.74) is 0. The maximum Gasteiger partial charge on any atom is 0.322 e. The van der Waals surface area contributed by atoms with Crippen LogP contribution in [0.5, 0.6) is 0 Å². The summed E-state index contributed by atoms with van der Waals surface area (Å²) in [7, 11) is 0. The second-order valence-corrected chi connectivity index (χ2v) is 1.69. The van der Waals surface area contributed by atoms with Crippen LogP contribution in [0.3, 0.4) is 0 Å². The van der Waals surface area contributed by atoms with Crippen LogP contribution in [0.15, 0.2) is 0 Å². The summed E-state index contributed by atoms with van der Waals surface area (Å²) in [6, 6.07) is 1.64. The number of nitrogens with zero attached hydrogens (tertiary/aromatic N) is 1. The molecular formula is C4H4ClNO2. The fourth-order valence-electron chi connectivity index (χ4n) is 0.167. The van der Waals surface area contributed by atoms with Gasteiger partial charge in [-0.05, 0) is 0 Å². The van der Waals surface area contributed by atoms with Gasteiger partial charge in [0.2, 0.25) is 0 Å². The molecule has 1 unspecified atom stereocenters. The Kier molecular flexibility index (Phi) is 2.97. The van der Waals surface area contributed by atoms with E-state index in [0.29, 0.717) is 0 Å². The number of alkyl halides is 1. The highest BCUT2D eigenvalue weighted by atomic mass is 35.5. The molecule has 1 atom stereocenters. The Morgan fingerprint density at radius 3 is 2.62 bits per heavy atom. The summed E-state index contributed by atoms with van der Waals surface area (Å²) in [5, 5.41) is 14.9. The number of hydrogen-bond donors (Lipinski definition) is 1. The van der Waals surface area contributed by atoms with E-state index in [2.05, 4.69) is 0 Å². The summed E-state index contributed by atoms with van der Waals surface area (Å²) in [4.78, 5) is 9.81. The molecule has 0 rings (SSSR count). The van der Waals surface area contributed by atoms with Gasteiger partial charge in [-0.3, -0.25) is 4.79 Å². The summed E-state index contributed by atoms with van der Waals surface area (Å²) in [6.45, 7) is 0. The first-order valence-electron chi connectivity index (χ1n) is 1.92. The van der Waals surface area contributed by atoms with Gasteiger partial charge in [-0.15, -0.1) is 11.6 Å². The monoisotopic (exact) mass is 133 g/mol. The number of aliphatic carboxylic acids is 1. The van der Waals surface area contributed by atoms with Crippen molar-refractivity contribution in [2.45, 2.75) is 11.8 Å². The second-order valence-electron chi connectivity index (χ2n) is 1.17. The smallest absolute Gasteiger partial charge is 0.322 e. The van der Waals surface area contributed by atoms with Crippen LogP contribution in [0.25, 0.3) is 0 Å². The number of carboxylic acid groups (broad SMARTS) is 1. The molecule has 0 aromatic carbocycles. The van der Waals surface area contributed by atoms with Crippen LogP contribution in [-0.2, 0) is 4.79 Å². The van der Waals surface area contributed by atoms with Gasteiger partial charge in [0.15, 0.2) is 0 Å². The minimum atomic E-state index is -1.15. The van der Waals surface area contributed by atoms with E-state index in [1.165, 1.54) is 0 Å². The summed E-state index contributed by atoms with van der Waals surface area (Å²) < 4.78 is 0. The van der Waals surface area contributed by atoms with E-state index in [-0.39, 0.29) is 6.42 Å². The van der Waals surface area contributed by atoms with Gasteiger partial charge >= 0.3 is 5.97 Å². The van der Waals surface area contributed by atoms with Crippen molar-refractivity contribution >= 4 is 17.6 Å². The highest BCUT2D eigenvalue weighted by Crippen LogP contribution is 1.98. The second kappa shape index (κ2) is 3.28. The number of carbonyl (C=O) groups is 1. The van der Waals surface area contributed by atoms with Crippen molar-refractivity contribution in [2.24, 2.45) is 0 Å². The predicted molar refractivity (Wildman–Crippen MR) is 27.5 cm³/mol. The summed E-state index contributed by atoms with van der Waals surface area (Å²) in [5.74, 6) is -1.15. The van der Waals surface area contributed by atoms with E-state index in [9.17, 15) is 4.79 Å². The number of rotatable bonds is 2. The average Bonchev–Trinajstić information content (AvgIpc) is 1.67. The molecule has 0 aromatic rings. The Morgan fingerprint density at radius 2 is 2.50 bits per heavy atom. The molecule has 44 valence electrons. The predicted octanol–water partition coefficient (Wildman–Crippen LogP) is 0.592. The van der Waals surface area contributed by atoms with Gasteiger partial charge < -0.3 is 5.11 Å². The molecule has 0 fully saturated rings. The molecule has 0 saturated heterocycles. The maximum absolute atomic E-state index is 9.81. The van der Waals surface area contributed by atoms with Crippen molar-refractivity contribution in [3.05, 3.63) is 0 Å². The van der Waals surface area contributed by atoms with E-state index in [0.717, 1.165) is 0 Å². The molecule has 8 heavy (non-hydrogen) atoms. The van der Waals surface area contributed by atoms with Crippen LogP contribution in [0.1, 0.15) is 6.42 Å². The fourth-order valence-corrected chi connectivity index (χ4v) is 0.236. The van der Waals surface area contributed by atoms with Crippen LogP contribution in [-0.4, -0.2) is 16.5 Å². The van der Waals surface area contributed by atoms with Gasteiger partial charge in [0, 0.05) is 0 Å². The Bertz CT molecular complexity index is 128. The van der Waals surface area contributed by atoms with Crippen LogP contribution >= 0.6 is 11.6 Å². The third-order valence-electron chi connectivity index (χ3n) is 0.538. The van der Waals surface area contributed by atoms with Crippen LogP contribution in [0, 0.1) is 11.3 Å². The van der Waals surface area contributed by atoms with Gasteiger partial charge in [-0.25, -0.2) is 0 Å². The zero-order valence-corrected chi connectivity index (χ0v) is 4.72. The summed E-state index contributed by atoms with van der Waals surface area (Å²) in [6.07, 6.45) is -0.142. The van der Waals surface area contributed by atoms with Crippen LogP contribution in [0.4, 0.5) is 0 Å². The number of nitriles is 1. The fraction of sp³-hybridized carbons (Fsp3) is 0.500. The van der Waals surface area contributed by atoms with E-state index in [1.807, 2.05) is 0 Å². The van der Waals surface area contributed by atoms with Crippen molar-refractivity contribution in [1.29, 1.82) is 5.26 Å². The zero-order valence-electron chi connectivity index (χ0n) is 3.97. The van der Waals surface area contributed by atoms with Gasteiger partial charge in [0.1, 0.15) is 5.38 Å². The van der Waals surface area contributed by atoms with Gasteiger partial charge in [0.25, 0.3) is 0 Å². The third kappa shape index (κ3) is 2.43. The lowest BCUT2D eigenvalue weighted by Crippen LogP contribution is -2.11. The van der Waals surface area contributed by atoms with Gasteiger partial charge in [-0.1, -0.05) is 0 Å². The Hall–Kier alpha value is -0.750. The topological polar surface area (TPSA) is 61.1 Å². The molecule has 0 saturated carbocycles. The third-order valence-corrected chi connectivity index (χ3v) is 0.879. The van der Waals surface area contributed by atoms with Gasteiger partial charge in [-0.2, -0.15) is 5.26 Å². The largest absolute Gasteiger partial charge is 0.480 e. The Balaban J connectivity index is 3.52. The summed E-state index contributed by atoms with van der Waals surface area (Å²) >= 11 is 5.09. The first-order chi connectivity index (χ1) is 3.68. The Labute approximate surface area is 51.5 Å². The van der Waals surface area contributed by atoms with Gasteiger partial charge in [0.05, 0.1) is 12.5 Å². The molecule has 0 aliphatic heterocycles. The van der Waals surface area contributed by atoms with Crippen molar-refractivity contribution in [1.82, 2.24) is 0 Å². The van der Waals surface area contributed by atoms with Crippen molar-refractivity contribution in [3.8, 4) is 6.07 Å². The quantitative estimate of drug-likeness (QED) is 0.561. The normalized spacial score (nSPS) is 12.0. The van der Waals surface area contributed by atoms with E-state index in [1.54, 1.807) is 6.07 Å². The standard InChI is InChI=1S/C4H4ClNO2/c5-3(1-2-6)4(7)8/h3H,1H2,(H,7,8). The van der Waals surface area contributed by atoms with Crippen LogP contribution in [0.2, 0.25) is 0 Å². The SMILES string of the molecule is N#CCC(Cl)C(=O)O. The minimum Gasteiger partial charge on any atom is -0.480 e. The van der Waals surface area contributed by atoms with Crippen LogP contribution < -0.4 is 0 Å². The molecule has 0 heterocycles. The lowest BCUT2D eigenvalue weighted by Gasteiger charge is -1.92. The lowest BCUT2D eigenvalue weighted by molar-refractivity contribution is -0.136. The molecule has 0 bridgehead atoms. The average molecular weight is 134 g/mol. The van der Waals surface area contributed by atoms with Crippen molar-refractivity contribution in [3.63, 3.8) is 0 Å². The Morgan fingerprint density at radius 1 is 2.00 bits per heavy atom. The molecule has 4 heteroatoms. The van der Waals surface area contributed by atoms with Crippen molar-refractivity contribution < 1.29 is 9.90 Å². The molecule has 0 aliphatic carbocycles. The van der Waals surface area contributed by atoms with E-state index >= 15 is 0 Å². The number of hydrogen-bond acceptors (Lipinski definition) is 2. The first kappa shape index (κ1) is 7.25. The molecule has 3 nitrogen and oxygen atoms in total. The molecule has 0 amide bonds. The zero-order chi connectivity index (χ0) is 6.57. The van der Waals surface area contributed by atoms with E-state index in [4.69, 9.17) is 22.0 Å². The molecule has 0 aromatic heterocycles. The van der Waals surface area contributed by atoms with Crippen molar-refractivity contribution in [2.75, 3.05) is 0 Å². The molecule has 1 N–H and O–H groups in total. The number of halogens is 1. The molecular weight excluding hydrogens is 130 g/mol. The van der Waals surface area contributed by atoms with E-state index < -0.39 is 11.3 Å². The molecule has 0 radical (unpaired) electrons. The molecule has 0 aliphatic rings. The lowest BCUT2D eigenvalue weighted by atomic mass is 10.3. The minimum absolute atomic E-state index is 0.142. The maximum atomic E-state index is 9.81. The highest BCUT2D eigenvalue weighted by Gasteiger charge is 2.11. The number of carboxylic acids is 1.